The maximum atomic E-state index is 12.2. The quantitative estimate of drug-likeness (QED) is 0.519. The molecule has 0 saturated heterocycles. The van der Waals surface area contributed by atoms with Gasteiger partial charge < -0.3 is 14.6 Å². The molecule has 0 aliphatic heterocycles. The molecule has 3 rings (SSSR count). The van der Waals surface area contributed by atoms with Crippen molar-refractivity contribution in [1.82, 2.24) is 20.1 Å². The molecule has 0 spiro atoms. The minimum Gasteiger partial charge on any atom is -0.497 e. The SMILES string of the molecule is CCn1c(Cc2ccc(OC)cc2)nnc1SCC(=O)NCCc1ccccc1. The summed E-state index contributed by atoms with van der Waals surface area (Å²) in [6.45, 7) is 3.45. The predicted octanol–water partition coefficient (Wildman–Crippen LogP) is 3.35. The van der Waals surface area contributed by atoms with Gasteiger partial charge in [0.1, 0.15) is 11.6 Å². The Kier molecular flexibility index (Phi) is 7.69. The van der Waals surface area contributed by atoms with Crippen LogP contribution in [0.5, 0.6) is 5.75 Å². The maximum absolute atomic E-state index is 12.2. The summed E-state index contributed by atoms with van der Waals surface area (Å²) in [7, 11) is 1.66. The Balaban J connectivity index is 1.50. The van der Waals surface area contributed by atoms with E-state index in [1.807, 2.05) is 42.5 Å². The third-order valence-electron chi connectivity index (χ3n) is 4.54. The number of hydrogen-bond acceptors (Lipinski definition) is 5. The van der Waals surface area contributed by atoms with Gasteiger partial charge in [0, 0.05) is 19.5 Å². The molecule has 6 nitrogen and oxygen atoms in total. The monoisotopic (exact) mass is 410 g/mol. The summed E-state index contributed by atoms with van der Waals surface area (Å²) in [5, 5.41) is 12.4. The molecule has 0 aliphatic rings. The van der Waals surface area contributed by atoms with E-state index in [9.17, 15) is 4.79 Å². The van der Waals surface area contributed by atoms with Crippen molar-refractivity contribution in [1.29, 1.82) is 0 Å². The second-order valence-electron chi connectivity index (χ2n) is 6.54. The number of thioether (sulfide) groups is 1. The number of carbonyl (C=O) groups is 1. The van der Waals surface area contributed by atoms with Gasteiger partial charge >= 0.3 is 0 Å². The Hall–Kier alpha value is -2.80. The maximum Gasteiger partial charge on any atom is 0.230 e. The van der Waals surface area contributed by atoms with E-state index in [4.69, 9.17) is 4.74 Å². The van der Waals surface area contributed by atoms with Crippen LogP contribution in [-0.2, 0) is 24.2 Å². The van der Waals surface area contributed by atoms with Crippen LogP contribution in [0.15, 0.2) is 59.8 Å². The van der Waals surface area contributed by atoms with E-state index in [-0.39, 0.29) is 5.91 Å². The molecule has 1 aromatic heterocycles. The molecule has 1 amide bonds. The number of benzene rings is 2. The molecule has 2 aromatic carbocycles. The second-order valence-corrected chi connectivity index (χ2v) is 7.48. The van der Waals surface area contributed by atoms with Crippen molar-refractivity contribution in [2.24, 2.45) is 0 Å². The van der Waals surface area contributed by atoms with E-state index in [1.165, 1.54) is 17.3 Å². The standard InChI is InChI=1S/C22H26N4O2S/c1-3-26-20(15-18-9-11-19(28-2)12-10-18)24-25-22(26)29-16-21(27)23-14-13-17-7-5-4-6-8-17/h4-12H,3,13-16H2,1-2H3,(H,23,27). The molecule has 7 heteroatoms. The summed E-state index contributed by atoms with van der Waals surface area (Å²) in [4.78, 5) is 12.2. The van der Waals surface area contributed by atoms with Crippen molar-refractivity contribution < 1.29 is 9.53 Å². The van der Waals surface area contributed by atoms with Gasteiger partial charge in [-0.1, -0.05) is 54.2 Å². The number of amides is 1. The van der Waals surface area contributed by atoms with Gasteiger partial charge in [0.2, 0.25) is 5.91 Å². The summed E-state index contributed by atoms with van der Waals surface area (Å²) >= 11 is 1.42. The molecule has 29 heavy (non-hydrogen) atoms. The minimum absolute atomic E-state index is 0.00767. The number of methoxy groups -OCH3 is 1. The van der Waals surface area contributed by atoms with Crippen LogP contribution in [0.3, 0.4) is 0 Å². The molecule has 152 valence electrons. The van der Waals surface area contributed by atoms with Gasteiger partial charge in [0.25, 0.3) is 0 Å². The lowest BCUT2D eigenvalue weighted by molar-refractivity contribution is -0.118. The van der Waals surface area contributed by atoms with Gasteiger partial charge in [0.15, 0.2) is 5.16 Å². The van der Waals surface area contributed by atoms with E-state index in [0.717, 1.165) is 35.3 Å². The summed E-state index contributed by atoms with van der Waals surface area (Å²) < 4.78 is 7.26. The van der Waals surface area contributed by atoms with Crippen LogP contribution >= 0.6 is 11.8 Å². The molecule has 1 heterocycles. The summed E-state index contributed by atoms with van der Waals surface area (Å²) in [6.07, 6.45) is 1.52. The number of aromatic nitrogens is 3. The van der Waals surface area contributed by atoms with Gasteiger partial charge in [-0.25, -0.2) is 0 Å². The molecule has 0 atom stereocenters. The minimum atomic E-state index is 0.00767. The Morgan fingerprint density at radius 2 is 1.83 bits per heavy atom. The van der Waals surface area contributed by atoms with Crippen LogP contribution in [0, 0.1) is 0 Å². The molecular formula is C22H26N4O2S. The molecule has 1 N–H and O–H groups in total. The highest BCUT2D eigenvalue weighted by molar-refractivity contribution is 7.99. The zero-order valence-corrected chi connectivity index (χ0v) is 17.6. The van der Waals surface area contributed by atoms with E-state index >= 15 is 0 Å². The largest absolute Gasteiger partial charge is 0.497 e. The lowest BCUT2D eigenvalue weighted by atomic mass is 10.1. The number of hydrogen-bond donors (Lipinski definition) is 1. The highest BCUT2D eigenvalue weighted by Crippen LogP contribution is 2.19. The topological polar surface area (TPSA) is 69.0 Å². The molecule has 0 bridgehead atoms. The summed E-state index contributed by atoms with van der Waals surface area (Å²) in [5.74, 6) is 2.06. The predicted molar refractivity (Wildman–Crippen MR) is 115 cm³/mol. The number of nitrogens with one attached hydrogen (secondary N) is 1. The molecule has 0 unspecified atom stereocenters. The summed E-state index contributed by atoms with van der Waals surface area (Å²) in [5.41, 5.74) is 2.36. The van der Waals surface area contributed by atoms with Crippen LogP contribution in [-0.4, -0.2) is 40.1 Å². The van der Waals surface area contributed by atoms with Gasteiger partial charge in [-0.3, -0.25) is 4.79 Å². The zero-order chi connectivity index (χ0) is 20.5. The van der Waals surface area contributed by atoms with Crippen LogP contribution in [0.1, 0.15) is 23.9 Å². The molecule has 0 radical (unpaired) electrons. The number of ether oxygens (including phenoxy) is 1. The first-order chi connectivity index (χ1) is 14.2. The van der Waals surface area contributed by atoms with Crippen LogP contribution in [0.2, 0.25) is 0 Å². The smallest absolute Gasteiger partial charge is 0.230 e. The van der Waals surface area contributed by atoms with E-state index in [0.29, 0.717) is 18.7 Å². The Morgan fingerprint density at radius 1 is 1.07 bits per heavy atom. The van der Waals surface area contributed by atoms with Crippen molar-refractivity contribution in [3.8, 4) is 5.75 Å². The highest BCUT2D eigenvalue weighted by Gasteiger charge is 2.13. The molecule has 3 aromatic rings. The van der Waals surface area contributed by atoms with Crippen molar-refractivity contribution in [2.45, 2.75) is 31.5 Å². The van der Waals surface area contributed by atoms with Gasteiger partial charge in [0.05, 0.1) is 12.9 Å². The first kappa shape index (κ1) is 20.9. The average Bonchev–Trinajstić information content (AvgIpc) is 3.15. The van der Waals surface area contributed by atoms with Gasteiger partial charge in [-0.15, -0.1) is 10.2 Å². The van der Waals surface area contributed by atoms with E-state index in [1.54, 1.807) is 7.11 Å². The van der Waals surface area contributed by atoms with Crippen LogP contribution in [0.25, 0.3) is 0 Å². The lowest BCUT2D eigenvalue weighted by Crippen LogP contribution is -2.27. The van der Waals surface area contributed by atoms with Crippen molar-refractivity contribution >= 4 is 17.7 Å². The van der Waals surface area contributed by atoms with E-state index < -0.39 is 0 Å². The number of rotatable bonds is 10. The highest BCUT2D eigenvalue weighted by atomic mass is 32.2. The van der Waals surface area contributed by atoms with Gasteiger partial charge in [-0.05, 0) is 36.6 Å². The molecular weight excluding hydrogens is 384 g/mol. The zero-order valence-electron chi connectivity index (χ0n) is 16.8. The van der Waals surface area contributed by atoms with Gasteiger partial charge in [-0.2, -0.15) is 0 Å². The van der Waals surface area contributed by atoms with Crippen molar-refractivity contribution in [2.75, 3.05) is 19.4 Å². The molecule has 0 fully saturated rings. The number of carbonyl (C=O) groups excluding carboxylic acids is 1. The normalized spacial score (nSPS) is 10.7. The van der Waals surface area contributed by atoms with Crippen LogP contribution < -0.4 is 10.1 Å². The van der Waals surface area contributed by atoms with Crippen molar-refractivity contribution in [3.05, 3.63) is 71.5 Å². The Labute approximate surface area is 175 Å². The Morgan fingerprint density at radius 3 is 2.52 bits per heavy atom. The summed E-state index contributed by atoms with van der Waals surface area (Å²) in [6, 6.07) is 18.1. The second kappa shape index (κ2) is 10.7. The molecule has 0 aliphatic carbocycles. The Bertz CT molecular complexity index is 910. The fourth-order valence-corrected chi connectivity index (χ4v) is 3.82. The first-order valence-corrected chi connectivity index (χ1v) is 10.7. The molecule has 0 saturated carbocycles. The third kappa shape index (κ3) is 6.09. The lowest BCUT2D eigenvalue weighted by Gasteiger charge is -2.08. The number of nitrogens with zero attached hydrogens (tertiary/aromatic N) is 3. The van der Waals surface area contributed by atoms with Crippen LogP contribution in [0.4, 0.5) is 0 Å². The first-order valence-electron chi connectivity index (χ1n) is 9.68. The fourth-order valence-electron chi connectivity index (χ4n) is 2.97. The fraction of sp³-hybridized carbons (Fsp3) is 0.318. The van der Waals surface area contributed by atoms with Crippen molar-refractivity contribution in [3.63, 3.8) is 0 Å². The average molecular weight is 411 g/mol. The van der Waals surface area contributed by atoms with E-state index in [2.05, 4.69) is 39.1 Å². The third-order valence-corrected chi connectivity index (χ3v) is 5.51.